The van der Waals surface area contributed by atoms with Crippen molar-refractivity contribution >= 4 is 23.2 Å². The molecule has 1 atom stereocenters. The molecule has 1 aromatic heterocycles. The number of ether oxygens (including phenoxy) is 1. The van der Waals surface area contributed by atoms with Crippen molar-refractivity contribution in [2.24, 2.45) is 5.92 Å². The fourth-order valence-corrected chi connectivity index (χ4v) is 3.83. The molecule has 1 unspecified atom stereocenters. The first-order valence-electron chi connectivity index (χ1n) is 9.67. The summed E-state index contributed by atoms with van der Waals surface area (Å²) >= 11 is 1.46. The van der Waals surface area contributed by atoms with Gasteiger partial charge in [-0.1, -0.05) is 42.5 Å². The number of aromatic nitrogens is 1. The molecule has 30 heavy (non-hydrogen) atoms. The predicted octanol–water partition coefficient (Wildman–Crippen LogP) is 3.40. The van der Waals surface area contributed by atoms with Crippen LogP contribution >= 0.6 is 11.3 Å². The summed E-state index contributed by atoms with van der Waals surface area (Å²) in [5.74, 6) is -1.07. The van der Waals surface area contributed by atoms with Gasteiger partial charge in [0.15, 0.2) is 0 Å². The Balaban J connectivity index is 1.55. The highest BCUT2D eigenvalue weighted by Gasteiger charge is 2.21. The molecule has 0 saturated carbocycles. The minimum atomic E-state index is -0.528. The largest absolute Gasteiger partial charge is 0.508 e. The highest BCUT2D eigenvalue weighted by molar-refractivity contribution is 7.09. The van der Waals surface area contributed by atoms with Gasteiger partial charge in [0, 0.05) is 18.3 Å². The van der Waals surface area contributed by atoms with E-state index >= 15 is 0 Å². The summed E-state index contributed by atoms with van der Waals surface area (Å²) in [7, 11) is 1.33. The molecule has 156 valence electrons. The van der Waals surface area contributed by atoms with E-state index in [0.717, 1.165) is 23.4 Å². The Morgan fingerprint density at radius 3 is 2.50 bits per heavy atom. The van der Waals surface area contributed by atoms with Crippen molar-refractivity contribution < 1.29 is 19.4 Å². The summed E-state index contributed by atoms with van der Waals surface area (Å²) < 4.78 is 4.87. The Morgan fingerprint density at radius 1 is 1.07 bits per heavy atom. The Bertz CT molecular complexity index is 970. The van der Waals surface area contributed by atoms with Gasteiger partial charge >= 0.3 is 5.97 Å². The van der Waals surface area contributed by atoms with Gasteiger partial charge in [-0.05, 0) is 36.1 Å². The highest BCUT2D eigenvalue weighted by atomic mass is 32.1. The number of esters is 1. The van der Waals surface area contributed by atoms with Gasteiger partial charge in [0.25, 0.3) is 5.91 Å². The first-order valence-corrected chi connectivity index (χ1v) is 10.6. The predicted molar refractivity (Wildman–Crippen MR) is 116 cm³/mol. The molecule has 0 aliphatic carbocycles. The van der Waals surface area contributed by atoms with Crippen molar-refractivity contribution in [3.63, 3.8) is 0 Å². The molecule has 0 bridgehead atoms. The molecule has 3 rings (SSSR count). The summed E-state index contributed by atoms with van der Waals surface area (Å²) in [5, 5.41) is 14.8. The zero-order valence-electron chi connectivity index (χ0n) is 16.7. The highest BCUT2D eigenvalue weighted by Crippen LogP contribution is 2.16. The molecule has 0 radical (unpaired) electrons. The Kier molecular flexibility index (Phi) is 7.57. The van der Waals surface area contributed by atoms with Crippen molar-refractivity contribution in [2.75, 3.05) is 13.7 Å². The number of phenolic OH excluding ortho intramolecular Hbond substituents is 1. The molecule has 2 aromatic carbocycles. The number of benzene rings is 2. The van der Waals surface area contributed by atoms with Gasteiger partial charge in [0.1, 0.15) is 11.4 Å². The van der Waals surface area contributed by atoms with Crippen LogP contribution in [0.3, 0.4) is 0 Å². The average Bonchev–Trinajstić information content (AvgIpc) is 3.25. The Labute approximate surface area is 179 Å². The molecule has 1 heterocycles. The number of rotatable bonds is 9. The van der Waals surface area contributed by atoms with E-state index in [4.69, 9.17) is 4.74 Å². The molecule has 7 heteroatoms. The van der Waals surface area contributed by atoms with Crippen LogP contribution in [0.4, 0.5) is 0 Å². The van der Waals surface area contributed by atoms with Crippen LogP contribution in [-0.2, 0) is 28.8 Å². The van der Waals surface area contributed by atoms with Crippen LogP contribution in [-0.4, -0.2) is 35.6 Å². The van der Waals surface area contributed by atoms with E-state index in [1.54, 1.807) is 29.6 Å². The Morgan fingerprint density at radius 2 is 1.80 bits per heavy atom. The summed E-state index contributed by atoms with van der Waals surface area (Å²) in [5.41, 5.74) is 2.46. The zero-order chi connectivity index (χ0) is 21.3. The Hall–Kier alpha value is -3.19. The van der Waals surface area contributed by atoms with Crippen LogP contribution in [0.25, 0.3) is 0 Å². The number of thiazole rings is 1. The molecular weight excluding hydrogens is 400 g/mol. The number of hydrogen-bond donors (Lipinski definition) is 2. The lowest BCUT2D eigenvalue weighted by Gasteiger charge is -2.15. The lowest BCUT2D eigenvalue weighted by Crippen LogP contribution is -2.34. The number of aryl methyl sites for hydroxylation is 2. The summed E-state index contributed by atoms with van der Waals surface area (Å²) in [6.45, 7) is 0.142. The van der Waals surface area contributed by atoms with E-state index in [0.29, 0.717) is 12.1 Å². The van der Waals surface area contributed by atoms with E-state index in [2.05, 4.69) is 22.4 Å². The molecule has 0 aliphatic heterocycles. The van der Waals surface area contributed by atoms with E-state index in [-0.39, 0.29) is 18.2 Å². The number of amides is 1. The second kappa shape index (κ2) is 10.5. The van der Waals surface area contributed by atoms with Crippen molar-refractivity contribution in [1.29, 1.82) is 0 Å². The number of methoxy groups -OCH3 is 1. The topological polar surface area (TPSA) is 88.5 Å². The van der Waals surface area contributed by atoms with Gasteiger partial charge in [-0.15, -0.1) is 11.3 Å². The molecule has 2 N–H and O–H groups in total. The van der Waals surface area contributed by atoms with Crippen LogP contribution in [0.15, 0.2) is 60.0 Å². The summed E-state index contributed by atoms with van der Waals surface area (Å²) in [6, 6.07) is 16.8. The maximum Gasteiger partial charge on any atom is 0.310 e. The zero-order valence-corrected chi connectivity index (χ0v) is 17.5. The second-order valence-corrected chi connectivity index (χ2v) is 7.86. The average molecular weight is 425 g/mol. The molecule has 0 saturated heterocycles. The molecular formula is C23H24N2O4S. The third-order valence-electron chi connectivity index (χ3n) is 4.72. The number of carbonyl (C=O) groups excluding carboxylic acids is 2. The van der Waals surface area contributed by atoms with Gasteiger partial charge in [-0.3, -0.25) is 9.59 Å². The van der Waals surface area contributed by atoms with Crippen LogP contribution in [0.5, 0.6) is 5.75 Å². The van der Waals surface area contributed by atoms with Crippen molar-refractivity contribution in [1.82, 2.24) is 10.3 Å². The molecule has 1 amide bonds. The van der Waals surface area contributed by atoms with E-state index in [1.165, 1.54) is 24.0 Å². The first-order chi connectivity index (χ1) is 14.5. The number of hydrogen-bond acceptors (Lipinski definition) is 6. The lowest BCUT2D eigenvalue weighted by molar-refractivity contribution is -0.145. The van der Waals surface area contributed by atoms with Gasteiger partial charge < -0.3 is 15.2 Å². The van der Waals surface area contributed by atoms with Crippen LogP contribution in [0.1, 0.15) is 26.6 Å². The smallest absolute Gasteiger partial charge is 0.310 e. The lowest BCUT2D eigenvalue weighted by atomic mass is 9.99. The monoisotopic (exact) mass is 424 g/mol. The number of aromatic hydroxyl groups is 1. The summed E-state index contributed by atoms with van der Waals surface area (Å²) in [4.78, 5) is 29.0. The van der Waals surface area contributed by atoms with Crippen molar-refractivity contribution in [2.45, 2.75) is 19.3 Å². The fourth-order valence-electron chi connectivity index (χ4n) is 3.05. The fraction of sp³-hybridized carbons (Fsp3) is 0.261. The summed E-state index contributed by atoms with van der Waals surface area (Å²) in [6.07, 6.45) is 2.03. The van der Waals surface area contributed by atoms with Crippen LogP contribution in [0, 0.1) is 5.92 Å². The minimum absolute atomic E-state index is 0.142. The van der Waals surface area contributed by atoms with Crippen LogP contribution in [0.2, 0.25) is 0 Å². The number of nitrogens with one attached hydrogen (secondary N) is 1. The molecule has 0 fully saturated rings. The normalized spacial score (nSPS) is 11.6. The maximum absolute atomic E-state index is 12.5. The molecule has 0 spiro atoms. The minimum Gasteiger partial charge on any atom is -0.508 e. The third-order valence-corrected chi connectivity index (χ3v) is 5.63. The van der Waals surface area contributed by atoms with Gasteiger partial charge in [0.2, 0.25) is 0 Å². The number of phenols is 1. The maximum atomic E-state index is 12.5. The van der Waals surface area contributed by atoms with Gasteiger partial charge in [-0.2, -0.15) is 0 Å². The van der Waals surface area contributed by atoms with Crippen LogP contribution < -0.4 is 5.32 Å². The molecule has 3 aromatic rings. The van der Waals surface area contributed by atoms with Gasteiger partial charge in [-0.25, -0.2) is 4.98 Å². The standard InChI is InChI=1S/C23H24N2O4S/c1-29-23(28)18(13-17-7-10-19(26)11-8-17)14-24-22(27)20-15-30-21(25-20)12-9-16-5-3-2-4-6-16/h2-8,10-11,15,18,26H,9,12-14H2,1H3,(H,24,27). The van der Waals surface area contributed by atoms with Crippen molar-refractivity contribution in [3.8, 4) is 5.75 Å². The van der Waals surface area contributed by atoms with Gasteiger partial charge in [0.05, 0.1) is 18.0 Å². The van der Waals surface area contributed by atoms with E-state index in [1.807, 2.05) is 18.2 Å². The third kappa shape index (κ3) is 6.15. The first kappa shape index (κ1) is 21.5. The van der Waals surface area contributed by atoms with E-state index < -0.39 is 11.9 Å². The SMILES string of the molecule is COC(=O)C(CNC(=O)c1csc(CCc2ccccc2)n1)Cc1ccc(O)cc1. The second-order valence-electron chi connectivity index (χ2n) is 6.91. The van der Waals surface area contributed by atoms with E-state index in [9.17, 15) is 14.7 Å². The quantitative estimate of drug-likeness (QED) is 0.514. The number of nitrogens with zero attached hydrogens (tertiary/aromatic N) is 1. The van der Waals surface area contributed by atoms with Crippen molar-refractivity contribution in [3.05, 3.63) is 81.8 Å². The number of carbonyl (C=O) groups is 2. The molecule has 6 nitrogen and oxygen atoms in total. The molecule has 0 aliphatic rings.